The molecule has 8 nitrogen and oxygen atoms in total. The molecule has 0 radical (unpaired) electrons. The van der Waals surface area contributed by atoms with Crippen LogP contribution in [0.1, 0.15) is 6.04 Å². The summed E-state index contributed by atoms with van der Waals surface area (Å²) in [4.78, 5) is 8.72. The molecule has 126 valence electrons. The van der Waals surface area contributed by atoms with Crippen molar-refractivity contribution in [2.24, 2.45) is 13.0 Å². The maximum atomic E-state index is 12.2. The van der Waals surface area contributed by atoms with Crippen molar-refractivity contribution in [3.63, 3.8) is 0 Å². The van der Waals surface area contributed by atoms with Crippen molar-refractivity contribution in [3.8, 4) is 11.6 Å². The zero-order valence-corrected chi connectivity index (χ0v) is 14.3. The van der Waals surface area contributed by atoms with Gasteiger partial charge in [-0.1, -0.05) is 0 Å². The predicted octanol–water partition coefficient (Wildman–Crippen LogP) is 0.362. The largest absolute Gasteiger partial charge is 0.379 e. The Balaban J connectivity index is 1.90. The van der Waals surface area contributed by atoms with Crippen LogP contribution in [-0.2, 0) is 21.8 Å². The smallest absolute Gasteiger partial charge is 0.214 e. The molecule has 2 aromatic heterocycles. The molecule has 2 aromatic rings. The minimum Gasteiger partial charge on any atom is -0.379 e. The van der Waals surface area contributed by atoms with Crippen LogP contribution < -0.4 is 0 Å². The van der Waals surface area contributed by atoms with Crippen LogP contribution in [0.4, 0.5) is 0 Å². The maximum absolute atomic E-state index is 12.2. The average Bonchev–Trinajstić information content (AvgIpc) is 3.17. The molecule has 0 aliphatic carbocycles. The highest BCUT2D eigenvalue weighted by Crippen LogP contribution is 2.31. The topological polar surface area (TPSA) is 82.2 Å². The Morgan fingerprint density at radius 3 is 2.57 bits per heavy atom. The summed E-state index contributed by atoms with van der Waals surface area (Å²) >= 11 is 0. The Morgan fingerprint density at radius 1 is 1.22 bits per heavy atom. The van der Waals surface area contributed by atoms with Crippen molar-refractivity contribution in [1.82, 2.24) is 23.4 Å². The molecule has 0 amide bonds. The molecule has 0 spiro atoms. The molecule has 1 fully saturated rings. The van der Waals surface area contributed by atoms with E-state index in [1.165, 1.54) is 4.31 Å². The van der Waals surface area contributed by atoms with E-state index in [1.54, 1.807) is 26.5 Å². The number of imidazole rings is 2. The van der Waals surface area contributed by atoms with E-state index in [-0.39, 0.29) is 17.7 Å². The van der Waals surface area contributed by atoms with Crippen LogP contribution in [0.2, 0.25) is 0 Å². The Hall–Kier alpha value is -1.71. The Kier molecular flexibility index (Phi) is 4.26. The lowest BCUT2D eigenvalue weighted by Crippen LogP contribution is -2.32. The van der Waals surface area contributed by atoms with Gasteiger partial charge in [0.1, 0.15) is 0 Å². The zero-order valence-electron chi connectivity index (χ0n) is 13.5. The van der Waals surface area contributed by atoms with Gasteiger partial charge in [-0.15, -0.1) is 0 Å². The van der Waals surface area contributed by atoms with Crippen LogP contribution in [0.15, 0.2) is 24.8 Å². The summed E-state index contributed by atoms with van der Waals surface area (Å²) in [6.45, 7) is 0.900. The molecule has 2 atom stereocenters. The van der Waals surface area contributed by atoms with Gasteiger partial charge >= 0.3 is 0 Å². The van der Waals surface area contributed by atoms with Gasteiger partial charge in [-0.3, -0.25) is 0 Å². The second kappa shape index (κ2) is 6.06. The first-order valence-electron chi connectivity index (χ1n) is 7.38. The normalized spacial score (nSPS) is 22.1. The molecule has 0 bridgehead atoms. The van der Waals surface area contributed by atoms with E-state index in [4.69, 9.17) is 4.74 Å². The third-order valence-corrected chi connectivity index (χ3v) is 6.15. The average molecular weight is 339 g/mol. The first-order valence-corrected chi connectivity index (χ1v) is 8.99. The second-order valence-corrected chi connectivity index (χ2v) is 8.17. The standard InChI is InChI=1S/C14H21N5O3S/c1-17(2)23(20,21)10-11-8-22-9-12(11)19-7-5-16-14(19)13-15-4-6-18(13)3/h4-7,11-12H,8-10H2,1-3H3/t11-,12+/m0/s1. The fraction of sp³-hybridized carbons (Fsp3) is 0.571. The van der Waals surface area contributed by atoms with Crippen molar-refractivity contribution in [2.45, 2.75) is 6.04 Å². The van der Waals surface area contributed by atoms with Gasteiger partial charge in [0.05, 0.1) is 25.0 Å². The second-order valence-electron chi connectivity index (χ2n) is 5.95. The van der Waals surface area contributed by atoms with Crippen molar-refractivity contribution >= 4 is 10.0 Å². The molecule has 23 heavy (non-hydrogen) atoms. The zero-order chi connectivity index (χ0) is 16.6. The highest BCUT2D eigenvalue weighted by Gasteiger charge is 2.35. The van der Waals surface area contributed by atoms with Crippen molar-refractivity contribution in [1.29, 1.82) is 0 Å². The number of aryl methyl sites for hydroxylation is 1. The Morgan fingerprint density at radius 2 is 1.91 bits per heavy atom. The molecule has 1 aliphatic rings. The number of hydrogen-bond donors (Lipinski definition) is 0. The number of nitrogens with zero attached hydrogens (tertiary/aromatic N) is 5. The molecule has 0 aromatic carbocycles. The van der Waals surface area contributed by atoms with Gasteiger partial charge in [-0.2, -0.15) is 0 Å². The number of aromatic nitrogens is 4. The molecule has 0 unspecified atom stereocenters. The fourth-order valence-electron chi connectivity index (χ4n) is 2.81. The molecule has 3 rings (SSSR count). The quantitative estimate of drug-likeness (QED) is 0.786. The summed E-state index contributed by atoms with van der Waals surface area (Å²) < 4.78 is 35.1. The fourth-order valence-corrected chi connectivity index (χ4v) is 3.97. The van der Waals surface area contributed by atoms with E-state index in [9.17, 15) is 8.42 Å². The summed E-state index contributed by atoms with van der Waals surface area (Å²) in [5, 5.41) is 0. The van der Waals surface area contributed by atoms with Gasteiger partial charge in [0.25, 0.3) is 0 Å². The minimum atomic E-state index is -3.28. The van der Waals surface area contributed by atoms with Crippen LogP contribution in [0, 0.1) is 5.92 Å². The van der Waals surface area contributed by atoms with Crippen LogP contribution in [-0.4, -0.2) is 64.9 Å². The third-order valence-electron chi connectivity index (χ3n) is 4.19. The SMILES string of the molecule is CN(C)S(=O)(=O)C[C@@H]1COC[C@H]1n1ccnc1-c1nccn1C. The molecule has 1 saturated heterocycles. The van der Waals surface area contributed by atoms with Crippen LogP contribution in [0.5, 0.6) is 0 Å². The molecule has 3 heterocycles. The number of hydrogen-bond acceptors (Lipinski definition) is 5. The summed E-state index contributed by atoms with van der Waals surface area (Å²) in [7, 11) is 1.73. The van der Waals surface area contributed by atoms with Gasteiger partial charge in [-0.25, -0.2) is 22.7 Å². The summed E-state index contributed by atoms with van der Waals surface area (Å²) in [5.41, 5.74) is 0. The third kappa shape index (κ3) is 3.04. The number of sulfonamides is 1. The molecule has 9 heteroatoms. The Labute approximate surface area is 135 Å². The van der Waals surface area contributed by atoms with Gasteiger partial charge in [0.15, 0.2) is 11.6 Å². The summed E-state index contributed by atoms with van der Waals surface area (Å²) in [5.74, 6) is 1.41. The highest BCUT2D eigenvalue weighted by atomic mass is 32.2. The van der Waals surface area contributed by atoms with E-state index in [2.05, 4.69) is 9.97 Å². The lowest BCUT2D eigenvalue weighted by Gasteiger charge is -2.22. The summed E-state index contributed by atoms with van der Waals surface area (Å²) in [6, 6.07) is -0.0704. The van der Waals surface area contributed by atoms with E-state index >= 15 is 0 Å². The van der Waals surface area contributed by atoms with Gasteiger partial charge in [0.2, 0.25) is 10.0 Å². The van der Waals surface area contributed by atoms with E-state index < -0.39 is 10.0 Å². The van der Waals surface area contributed by atoms with Crippen LogP contribution >= 0.6 is 0 Å². The predicted molar refractivity (Wildman–Crippen MR) is 85.2 cm³/mol. The maximum Gasteiger partial charge on any atom is 0.214 e. The first-order chi connectivity index (χ1) is 10.9. The monoisotopic (exact) mass is 339 g/mol. The van der Waals surface area contributed by atoms with Gasteiger partial charge in [0, 0.05) is 51.8 Å². The van der Waals surface area contributed by atoms with Gasteiger partial charge < -0.3 is 13.9 Å². The molecule has 0 N–H and O–H groups in total. The van der Waals surface area contributed by atoms with Crippen molar-refractivity contribution in [2.75, 3.05) is 33.1 Å². The first kappa shape index (κ1) is 16.2. The Bertz CT molecular complexity index is 780. The lowest BCUT2D eigenvalue weighted by molar-refractivity contribution is 0.182. The van der Waals surface area contributed by atoms with E-state index in [0.717, 1.165) is 11.6 Å². The molecular formula is C14H21N5O3S. The van der Waals surface area contributed by atoms with Crippen LogP contribution in [0.25, 0.3) is 11.6 Å². The molecule has 1 aliphatic heterocycles. The van der Waals surface area contributed by atoms with Crippen molar-refractivity contribution < 1.29 is 13.2 Å². The summed E-state index contributed by atoms with van der Waals surface area (Å²) in [6.07, 6.45) is 7.14. The lowest BCUT2D eigenvalue weighted by atomic mass is 10.1. The van der Waals surface area contributed by atoms with Crippen molar-refractivity contribution in [3.05, 3.63) is 24.8 Å². The molecule has 0 saturated carbocycles. The highest BCUT2D eigenvalue weighted by molar-refractivity contribution is 7.89. The number of ether oxygens (including phenoxy) is 1. The van der Waals surface area contributed by atoms with Gasteiger partial charge in [-0.05, 0) is 0 Å². The van der Waals surface area contributed by atoms with Crippen LogP contribution in [0.3, 0.4) is 0 Å². The number of rotatable bonds is 5. The van der Waals surface area contributed by atoms with E-state index in [0.29, 0.717) is 13.2 Å². The van der Waals surface area contributed by atoms with E-state index in [1.807, 2.05) is 28.6 Å². The molecular weight excluding hydrogens is 318 g/mol. The minimum absolute atomic E-state index is 0.0584.